The van der Waals surface area contributed by atoms with Gasteiger partial charge in [0.15, 0.2) is 5.58 Å². The van der Waals surface area contributed by atoms with Crippen molar-refractivity contribution < 1.29 is 4.42 Å². The van der Waals surface area contributed by atoms with Crippen LogP contribution in [0.25, 0.3) is 75.1 Å². The minimum atomic E-state index is 0.874. The van der Waals surface area contributed by atoms with Crippen LogP contribution in [0.5, 0.6) is 0 Å². The number of nitrogens with zero attached hydrogens (tertiary/aromatic N) is 1. The average molecular weight is 644 g/mol. The summed E-state index contributed by atoms with van der Waals surface area (Å²) < 4.78 is 9.23. The highest BCUT2D eigenvalue weighted by molar-refractivity contribution is 7.25. The van der Waals surface area contributed by atoms with Crippen molar-refractivity contribution in [2.45, 2.75) is 0 Å². The minimum absolute atomic E-state index is 0.874. The van der Waals surface area contributed by atoms with E-state index in [4.69, 9.17) is 4.42 Å². The highest BCUT2D eigenvalue weighted by Gasteiger charge is 2.20. The van der Waals surface area contributed by atoms with E-state index in [0.29, 0.717) is 0 Å². The van der Waals surface area contributed by atoms with Gasteiger partial charge in [0.2, 0.25) is 0 Å². The zero-order valence-corrected chi connectivity index (χ0v) is 27.3. The number of fused-ring (bicyclic) bond motifs is 7. The van der Waals surface area contributed by atoms with Crippen molar-refractivity contribution in [3.63, 3.8) is 0 Å². The van der Waals surface area contributed by atoms with Crippen molar-refractivity contribution in [2.24, 2.45) is 0 Å². The van der Waals surface area contributed by atoms with E-state index in [2.05, 4.69) is 169 Å². The number of rotatable bonds is 5. The largest absolute Gasteiger partial charge is 0.454 e. The minimum Gasteiger partial charge on any atom is -0.454 e. The summed E-state index contributed by atoms with van der Waals surface area (Å²) in [5.41, 5.74) is 9.69. The lowest BCUT2D eigenvalue weighted by Gasteiger charge is -2.26. The first-order chi connectivity index (χ1) is 24.3. The molecule has 2 heterocycles. The molecule has 230 valence electrons. The van der Waals surface area contributed by atoms with Gasteiger partial charge in [-0.3, -0.25) is 0 Å². The number of anilines is 3. The smallest absolute Gasteiger partial charge is 0.159 e. The third kappa shape index (κ3) is 4.62. The molecule has 3 heteroatoms. The molecule has 10 aromatic rings. The zero-order valence-electron chi connectivity index (χ0n) is 26.5. The molecule has 0 aliphatic rings. The molecular formula is C46H29NOS. The maximum atomic E-state index is 6.60. The molecule has 0 fully saturated rings. The van der Waals surface area contributed by atoms with Crippen molar-refractivity contribution in [2.75, 3.05) is 4.90 Å². The SMILES string of the molecule is c1cc(-c2cccc3ccccc23)cc(N(c2ccc(-c3ccc4c(c3)sc3ccccc34)cc2)c2cccc3c2oc2ccccc23)c1. The van der Waals surface area contributed by atoms with Crippen LogP contribution in [-0.4, -0.2) is 0 Å². The van der Waals surface area contributed by atoms with Crippen molar-refractivity contribution >= 4 is 81.3 Å². The molecule has 0 bridgehead atoms. The lowest BCUT2D eigenvalue weighted by atomic mass is 9.97. The second kappa shape index (κ2) is 11.2. The Bertz CT molecular complexity index is 2840. The van der Waals surface area contributed by atoms with E-state index in [1.54, 1.807) is 0 Å². The molecule has 0 N–H and O–H groups in total. The van der Waals surface area contributed by atoms with Gasteiger partial charge in [-0.05, 0) is 81.6 Å². The summed E-state index contributed by atoms with van der Waals surface area (Å²) in [4.78, 5) is 2.33. The van der Waals surface area contributed by atoms with Gasteiger partial charge in [0.25, 0.3) is 0 Å². The van der Waals surface area contributed by atoms with Crippen molar-refractivity contribution in [3.8, 4) is 22.3 Å². The van der Waals surface area contributed by atoms with Crippen LogP contribution in [0, 0.1) is 0 Å². The molecule has 0 radical (unpaired) electrons. The Morgan fingerprint density at radius 3 is 2.02 bits per heavy atom. The summed E-state index contributed by atoms with van der Waals surface area (Å²) in [5, 5.41) is 7.35. The van der Waals surface area contributed by atoms with Gasteiger partial charge in [0.1, 0.15) is 5.58 Å². The highest BCUT2D eigenvalue weighted by Crippen LogP contribution is 2.44. The fourth-order valence-corrected chi connectivity index (χ4v) is 8.48. The number of hydrogen-bond acceptors (Lipinski definition) is 3. The number of furan rings is 1. The van der Waals surface area contributed by atoms with Gasteiger partial charge in [-0.25, -0.2) is 0 Å². The number of thiophene rings is 1. The van der Waals surface area contributed by atoms with Crippen LogP contribution in [0.4, 0.5) is 17.1 Å². The van der Waals surface area contributed by atoms with E-state index >= 15 is 0 Å². The summed E-state index contributed by atoms with van der Waals surface area (Å²) >= 11 is 1.86. The number of para-hydroxylation sites is 2. The average Bonchev–Trinajstić information content (AvgIpc) is 3.74. The molecule has 0 spiro atoms. The molecule has 0 aliphatic heterocycles. The van der Waals surface area contributed by atoms with E-state index in [-0.39, 0.29) is 0 Å². The second-order valence-corrected chi connectivity index (χ2v) is 13.6. The molecule has 0 aliphatic carbocycles. The molecule has 10 rings (SSSR count). The van der Waals surface area contributed by atoms with Crippen LogP contribution in [0.15, 0.2) is 180 Å². The first kappa shape index (κ1) is 27.9. The molecule has 49 heavy (non-hydrogen) atoms. The normalized spacial score (nSPS) is 11.7. The van der Waals surface area contributed by atoms with Gasteiger partial charge in [0.05, 0.1) is 5.69 Å². The van der Waals surface area contributed by atoms with Crippen molar-refractivity contribution in [1.29, 1.82) is 0 Å². The predicted octanol–water partition coefficient (Wildman–Crippen LogP) is 13.9. The Morgan fingerprint density at radius 2 is 1.10 bits per heavy atom. The van der Waals surface area contributed by atoms with E-state index in [1.165, 1.54) is 53.2 Å². The monoisotopic (exact) mass is 643 g/mol. The van der Waals surface area contributed by atoms with Crippen LogP contribution < -0.4 is 4.90 Å². The van der Waals surface area contributed by atoms with Crippen molar-refractivity contribution in [1.82, 2.24) is 0 Å². The quantitative estimate of drug-likeness (QED) is 0.186. The Labute approximate surface area is 287 Å². The lowest BCUT2D eigenvalue weighted by Crippen LogP contribution is -2.10. The maximum absolute atomic E-state index is 6.60. The van der Waals surface area contributed by atoms with E-state index in [0.717, 1.165) is 39.0 Å². The molecule has 0 saturated carbocycles. The molecule has 0 saturated heterocycles. The van der Waals surface area contributed by atoms with Gasteiger partial charge < -0.3 is 9.32 Å². The van der Waals surface area contributed by atoms with Gasteiger partial charge in [0, 0.05) is 42.3 Å². The van der Waals surface area contributed by atoms with Gasteiger partial charge in [-0.1, -0.05) is 127 Å². The van der Waals surface area contributed by atoms with Crippen LogP contribution >= 0.6 is 11.3 Å². The van der Waals surface area contributed by atoms with Crippen LogP contribution in [0.1, 0.15) is 0 Å². The van der Waals surface area contributed by atoms with Crippen molar-refractivity contribution in [3.05, 3.63) is 176 Å². The topological polar surface area (TPSA) is 16.4 Å². The van der Waals surface area contributed by atoms with Crippen LogP contribution in [0.2, 0.25) is 0 Å². The van der Waals surface area contributed by atoms with Gasteiger partial charge >= 0.3 is 0 Å². The summed E-state index contributed by atoms with van der Waals surface area (Å²) in [5.74, 6) is 0. The third-order valence-corrected chi connectivity index (χ3v) is 10.8. The van der Waals surface area contributed by atoms with Gasteiger partial charge in [-0.2, -0.15) is 0 Å². The molecule has 2 nitrogen and oxygen atoms in total. The summed E-state index contributed by atoms with van der Waals surface area (Å²) in [6.45, 7) is 0. The van der Waals surface area contributed by atoms with Crippen LogP contribution in [0.3, 0.4) is 0 Å². The first-order valence-corrected chi connectivity index (χ1v) is 17.4. The molecule has 2 aromatic heterocycles. The molecule has 0 unspecified atom stereocenters. The van der Waals surface area contributed by atoms with E-state index in [1.807, 2.05) is 23.5 Å². The second-order valence-electron chi connectivity index (χ2n) is 12.5. The first-order valence-electron chi connectivity index (χ1n) is 16.6. The standard InChI is InChI=1S/C46H29NOS/c1-2-14-36-31(10-1)11-8-17-37(36)33-12-7-13-35(28-33)47(42-19-9-18-41-38-15-3-5-20-43(38)48-46(41)42)34-25-22-30(23-26-34)32-24-27-40-39-16-4-6-21-44(39)49-45(40)29-32/h1-29H. The molecule has 8 aromatic carbocycles. The predicted molar refractivity (Wildman–Crippen MR) is 210 cm³/mol. The van der Waals surface area contributed by atoms with Gasteiger partial charge in [-0.15, -0.1) is 11.3 Å². The highest BCUT2D eigenvalue weighted by atomic mass is 32.1. The fourth-order valence-electron chi connectivity index (χ4n) is 7.33. The molecule has 0 atom stereocenters. The Morgan fingerprint density at radius 1 is 0.408 bits per heavy atom. The van der Waals surface area contributed by atoms with E-state index < -0.39 is 0 Å². The van der Waals surface area contributed by atoms with Crippen LogP contribution in [-0.2, 0) is 0 Å². The van der Waals surface area contributed by atoms with E-state index in [9.17, 15) is 0 Å². The summed E-state index contributed by atoms with van der Waals surface area (Å²) in [6, 6.07) is 63.2. The summed E-state index contributed by atoms with van der Waals surface area (Å²) in [6.07, 6.45) is 0. The number of hydrogen-bond donors (Lipinski definition) is 0. The zero-order chi connectivity index (χ0) is 32.3. The number of benzene rings is 8. The fraction of sp³-hybridized carbons (Fsp3) is 0. The Balaban J connectivity index is 1.13. The Hall–Kier alpha value is -6.16. The molecular weight excluding hydrogens is 615 g/mol. The molecule has 0 amide bonds. The third-order valence-electron chi connectivity index (χ3n) is 9.67. The summed E-state index contributed by atoms with van der Waals surface area (Å²) in [7, 11) is 0. The lowest BCUT2D eigenvalue weighted by molar-refractivity contribution is 0.669. The maximum Gasteiger partial charge on any atom is 0.159 e. The Kier molecular flexibility index (Phi) is 6.39.